The average Bonchev–Trinajstić information content (AvgIpc) is 2.33. The van der Waals surface area contributed by atoms with Gasteiger partial charge in [-0.25, -0.2) is 0 Å². The van der Waals surface area contributed by atoms with Crippen LogP contribution in [0, 0.1) is 11.3 Å². The molecule has 2 nitrogen and oxygen atoms in total. The maximum atomic E-state index is 8.94. The van der Waals surface area contributed by atoms with Crippen LogP contribution >= 0.6 is 23.4 Å². The molecule has 1 aromatic heterocycles. The van der Waals surface area contributed by atoms with Gasteiger partial charge in [0.2, 0.25) is 0 Å². The standard InChI is InChI=1S/C12H7ClN2S/c13-10-3-1-2-4-11(10)16-12-8-15-6-5-9(12)7-14/h1-6,8H. The Labute approximate surface area is 103 Å². The Morgan fingerprint density at radius 1 is 1.19 bits per heavy atom. The molecule has 0 radical (unpaired) electrons. The molecule has 0 aliphatic rings. The fourth-order valence-corrected chi connectivity index (χ4v) is 2.34. The summed E-state index contributed by atoms with van der Waals surface area (Å²) in [5.41, 5.74) is 0.611. The van der Waals surface area contributed by atoms with Crippen LogP contribution in [-0.2, 0) is 0 Å². The molecule has 0 bridgehead atoms. The number of nitriles is 1. The molecular weight excluding hydrogens is 240 g/mol. The van der Waals surface area contributed by atoms with Gasteiger partial charge in [0.25, 0.3) is 0 Å². The molecule has 1 aromatic carbocycles. The summed E-state index contributed by atoms with van der Waals surface area (Å²) in [6, 6.07) is 11.4. The maximum Gasteiger partial charge on any atom is 0.100 e. The third-order valence-electron chi connectivity index (χ3n) is 1.96. The van der Waals surface area contributed by atoms with E-state index in [9.17, 15) is 0 Å². The molecule has 0 N–H and O–H groups in total. The Morgan fingerprint density at radius 3 is 2.75 bits per heavy atom. The molecule has 0 amide bonds. The van der Waals surface area contributed by atoms with E-state index in [0.717, 1.165) is 9.79 Å². The molecule has 0 saturated carbocycles. The molecule has 0 aliphatic carbocycles. The maximum absolute atomic E-state index is 8.94. The normalized spacial score (nSPS) is 9.75. The lowest BCUT2D eigenvalue weighted by Gasteiger charge is -2.04. The predicted octanol–water partition coefficient (Wildman–Crippen LogP) is 3.76. The van der Waals surface area contributed by atoms with Gasteiger partial charge in [0, 0.05) is 22.2 Å². The summed E-state index contributed by atoms with van der Waals surface area (Å²) >= 11 is 7.49. The molecule has 2 aromatic rings. The highest BCUT2D eigenvalue weighted by Crippen LogP contribution is 2.34. The Morgan fingerprint density at radius 2 is 2.00 bits per heavy atom. The molecular formula is C12H7ClN2S. The van der Waals surface area contributed by atoms with Crippen molar-refractivity contribution in [3.05, 3.63) is 53.3 Å². The molecule has 0 aliphatic heterocycles. The number of hydrogen-bond acceptors (Lipinski definition) is 3. The van der Waals surface area contributed by atoms with E-state index >= 15 is 0 Å². The first-order chi connectivity index (χ1) is 7.81. The number of nitrogens with zero attached hydrogens (tertiary/aromatic N) is 2. The number of halogens is 1. The van der Waals surface area contributed by atoms with E-state index in [1.165, 1.54) is 11.8 Å². The van der Waals surface area contributed by atoms with Crippen LogP contribution in [-0.4, -0.2) is 4.98 Å². The second kappa shape index (κ2) is 5.02. The molecule has 4 heteroatoms. The van der Waals surface area contributed by atoms with Gasteiger partial charge in [-0.3, -0.25) is 4.98 Å². The topological polar surface area (TPSA) is 36.7 Å². The van der Waals surface area contributed by atoms with Crippen molar-refractivity contribution in [2.45, 2.75) is 9.79 Å². The van der Waals surface area contributed by atoms with E-state index in [0.29, 0.717) is 10.6 Å². The highest BCUT2D eigenvalue weighted by molar-refractivity contribution is 7.99. The molecule has 0 atom stereocenters. The van der Waals surface area contributed by atoms with Crippen molar-refractivity contribution in [1.29, 1.82) is 5.26 Å². The van der Waals surface area contributed by atoms with E-state index in [1.54, 1.807) is 18.5 Å². The molecule has 0 fully saturated rings. The first-order valence-electron chi connectivity index (χ1n) is 4.58. The first-order valence-corrected chi connectivity index (χ1v) is 5.77. The van der Waals surface area contributed by atoms with Gasteiger partial charge in [0.1, 0.15) is 6.07 Å². The molecule has 0 unspecified atom stereocenters. The van der Waals surface area contributed by atoms with Crippen molar-refractivity contribution < 1.29 is 0 Å². The first kappa shape index (κ1) is 11.0. The molecule has 0 spiro atoms. The summed E-state index contributed by atoms with van der Waals surface area (Å²) in [6.07, 6.45) is 3.28. The Kier molecular flexibility index (Phi) is 3.45. The number of pyridine rings is 1. The minimum atomic E-state index is 0.611. The fourth-order valence-electron chi connectivity index (χ4n) is 1.20. The highest BCUT2D eigenvalue weighted by Gasteiger charge is 2.06. The van der Waals surface area contributed by atoms with E-state index in [2.05, 4.69) is 11.1 Å². The summed E-state index contributed by atoms with van der Waals surface area (Å²) in [7, 11) is 0. The van der Waals surface area contributed by atoms with E-state index < -0.39 is 0 Å². The van der Waals surface area contributed by atoms with Gasteiger partial charge in [-0.2, -0.15) is 5.26 Å². The van der Waals surface area contributed by atoms with E-state index in [-0.39, 0.29) is 0 Å². The quantitative estimate of drug-likeness (QED) is 0.810. The second-order valence-corrected chi connectivity index (χ2v) is 4.51. The predicted molar refractivity (Wildman–Crippen MR) is 64.5 cm³/mol. The summed E-state index contributed by atoms with van der Waals surface area (Å²) in [5.74, 6) is 0. The Balaban J connectivity index is 2.35. The average molecular weight is 247 g/mol. The van der Waals surface area contributed by atoms with Crippen LogP contribution in [0.4, 0.5) is 0 Å². The largest absolute Gasteiger partial charge is 0.263 e. The molecule has 1 heterocycles. The Bertz CT molecular complexity index is 549. The van der Waals surface area contributed by atoms with Crippen LogP contribution in [0.25, 0.3) is 0 Å². The molecule has 78 valence electrons. The zero-order valence-corrected chi connectivity index (χ0v) is 9.79. The number of aromatic nitrogens is 1. The fraction of sp³-hybridized carbons (Fsp3) is 0. The van der Waals surface area contributed by atoms with Crippen molar-refractivity contribution >= 4 is 23.4 Å². The summed E-state index contributed by atoms with van der Waals surface area (Å²) in [5, 5.41) is 9.62. The minimum absolute atomic E-state index is 0.611. The van der Waals surface area contributed by atoms with Gasteiger partial charge in [-0.15, -0.1) is 0 Å². The summed E-state index contributed by atoms with van der Waals surface area (Å²) in [4.78, 5) is 5.75. The van der Waals surface area contributed by atoms with Gasteiger partial charge in [0.05, 0.1) is 10.6 Å². The summed E-state index contributed by atoms with van der Waals surface area (Å²) in [6.45, 7) is 0. The third-order valence-corrected chi connectivity index (χ3v) is 3.52. The Hall–Kier alpha value is -1.50. The smallest absolute Gasteiger partial charge is 0.100 e. The number of benzene rings is 1. The van der Waals surface area contributed by atoms with Gasteiger partial charge in [-0.05, 0) is 18.2 Å². The van der Waals surface area contributed by atoms with Crippen LogP contribution in [0.5, 0.6) is 0 Å². The van der Waals surface area contributed by atoms with Crippen molar-refractivity contribution in [2.75, 3.05) is 0 Å². The van der Waals surface area contributed by atoms with Gasteiger partial charge in [0.15, 0.2) is 0 Å². The van der Waals surface area contributed by atoms with Gasteiger partial charge in [-0.1, -0.05) is 35.5 Å². The van der Waals surface area contributed by atoms with Crippen molar-refractivity contribution in [3.8, 4) is 6.07 Å². The second-order valence-electron chi connectivity index (χ2n) is 3.02. The highest BCUT2D eigenvalue weighted by atomic mass is 35.5. The van der Waals surface area contributed by atoms with Crippen LogP contribution in [0.15, 0.2) is 52.5 Å². The number of hydrogen-bond donors (Lipinski definition) is 0. The van der Waals surface area contributed by atoms with Gasteiger partial charge >= 0.3 is 0 Å². The molecule has 2 rings (SSSR count). The lowest BCUT2D eigenvalue weighted by molar-refractivity contribution is 1.21. The van der Waals surface area contributed by atoms with E-state index in [1.807, 2.05) is 24.3 Å². The van der Waals surface area contributed by atoms with E-state index in [4.69, 9.17) is 16.9 Å². The summed E-state index contributed by atoms with van der Waals surface area (Å²) < 4.78 is 0. The zero-order chi connectivity index (χ0) is 11.4. The van der Waals surface area contributed by atoms with Crippen LogP contribution in [0.1, 0.15) is 5.56 Å². The van der Waals surface area contributed by atoms with Crippen molar-refractivity contribution in [2.24, 2.45) is 0 Å². The number of rotatable bonds is 2. The lowest BCUT2D eigenvalue weighted by atomic mass is 10.3. The SMILES string of the molecule is N#Cc1ccncc1Sc1ccccc1Cl. The van der Waals surface area contributed by atoms with Crippen LogP contribution < -0.4 is 0 Å². The van der Waals surface area contributed by atoms with Crippen LogP contribution in [0.2, 0.25) is 5.02 Å². The zero-order valence-electron chi connectivity index (χ0n) is 8.22. The van der Waals surface area contributed by atoms with Crippen LogP contribution in [0.3, 0.4) is 0 Å². The monoisotopic (exact) mass is 246 g/mol. The van der Waals surface area contributed by atoms with Crippen molar-refractivity contribution in [1.82, 2.24) is 4.98 Å². The van der Waals surface area contributed by atoms with Crippen molar-refractivity contribution in [3.63, 3.8) is 0 Å². The molecule has 0 saturated heterocycles. The lowest BCUT2D eigenvalue weighted by Crippen LogP contribution is -1.83. The third kappa shape index (κ3) is 2.35. The molecule has 16 heavy (non-hydrogen) atoms. The minimum Gasteiger partial charge on any atom is -0.263 e. The van der Waals surface area contributed by atoms with Gasteiger partial charge < -0.3 is 0 Å².